The lowest BCUT2D eigenvalue weighted by Gasteiger charge is -2.13. The third kappa shape index (κ3) is 6.30. The van der Waals surface area contributed by atoms with E-state index in [9.17, 15) is 14.9 Å². The van der Waals surface area contributed by atoms with Crippen molar-refractivity contribution in [3.8, 4) is 28.2 Å². The number of amides is 1. The van der Waals surface area contributed by atoms with Gasteiger partial charge >= 0.3 is 0 Å². The molecule has 40 heavy (non-hydrogen) atoms. The Balaban J connectivity index is 1.32. The zero-order valence-electron chi connectivity index (χ0n) is 21.8. The lowest BCUT2D eigenvalue weighted by Crippen LogP contribution is -2.24. The molecule has 1 aromatic heterocycles. The molecule has 0 fully saturated rings. The summed E-state index contributed by atoms with van der Waals surface area (Å²) in [6.07, 6.45) is 1.64. The summed E-state index contributed by atoms with van der Waals surface area (Å²) in [6, 6.07) is 36.6. The predicted octanol–water partition coefficient (Wildman–Crippen LogP) is 7.42. The highest BCUT2D eigenvalue weighted by Gasteiger charge is 2.21. The number of hydrogen-bond acceptors (Lipinski definition) is 5. The first-order valence-electron chi connectivity index (χ1n) is 13.1. The average Bonchev–Trinajstić information content (AvgIpc) is 3.39. The fourth-order valence-electron chi connectivity index (χ4n) is 4.43. The van der Waals surface area contributed by atoms with Crippen LogP contribution in [0.5, 0.6) is 0 Å². The Morgan fingerprint density at radius 2 is 1.48 bits per heavy atom. The first-order chi connectivity index (χ1) is 19.6. The molecule has 0 unspecified atom stereocenters. The summed E-state index contributed by atoms with van der Waals surface area (Å²) in [5.41, 5.74) is 5.36. The quantitative estimate of drug-likeness (QED) is 0.0803. The maximum atomic E-state index is 12.4. The minimum atomic E-state index is -0.500. The number of aromatic nitrogens is 2. The van der Waals surface area contributed by atoms with Crippen molar-refractivity contribution < 1.29 is 9.72 Å². The number of nitro benzene ring substituents is 1. The number of carbonyl (C=O) groups is 1. The number of hydrogen-bond donors (Lipinski definition) is 1. The van der Waals surface area contributed by atoms with Crippen LogP contribution in [-0.2, 0) is 0 Å². The molecule has 7 nitrogen and oxygen atoms in total. The van der Waals surface area contributed by atoms with Crippen molar-refractivity contribution >= 4 is 23.4 Å². The zero-order valence-corrected chi connectivity index (χ0v) is 22.6. The molecule has 0 atom stereocenters. The first kappa shape index (κ1) is 26.9. The number of benzene rings is 4. The van der Waals surface area contributed by atoms with Gasteiger partial charge in [0.15, 0.2) is 5.16 Å². The largest absolute Gasteiger partial charge is 0.352 e. The molecule has 0 saturated heterocycles. The number of nitrogens with one attached hydrogen (secondary N) is 1. The van der Waals surface area contributed by atoms with E-state index in [-0.39, 0.29) is 17.2 Å². The number of non-ortho nitro benzene ring substituents is 1. The van der Waals surface area contributed by atoms with Gasteiger partial charge in [-0.25, -0.2) is 4.98 Å². The molecule has 1 heterocycles. The van der Waals surface area contributed by atoms with Crippen LogP contribution in [0.15, 0.2) is 120 Å². The minimum Gasteiger partial charge on any atom is -0.352 e. The van der Waals surface area contributed by atoms with Crippen LogP contribution in [-0.4, -0.2) is 32.7 Å². The molecular formula is C32H28N4O3S. The third-order valence-corrected chi connectivity index (χ3v) is 7.39. The average molecular weight is 549 g/mol. The summed E-state index contributed by atoms with van der Waals surface area (Å²) in [4.78, 5) is 28.1. The van der Waals surface area contributed by atoms with E-state index in [2.05, 4.69) is 46.3 Å². The van der Waals surface area contributed by atoms with Crippen LogP contribution >= 0.6 is 11.8 Å². The van der Waals surface area contributed by atoms with Gasteiger partial charge in [-0.3, -0.25) is 19.5 Å². The fourth-order valence-corrected chi connectivity index (χ4v) is 5.44. The van der Waals surface area contributed by atoms with Crippen molar-refractivity contribution in [3.05, 3.63) is 131 Å². The van der Waals surface area contributed by atoms with Crippen molar-refractivity contribution in [2.45, 2.75) is 18.0 Å². The van der Waals surface area contributed by atoms with Crippen molar-refractivity contribution in [3.63, 3.8) is 0 Å². The van der Waals surface area contributed by atoms with Crippen LogP contribution in [0.2, 0.25) is 0 Å². The molecule has 5 rings (SSSR count). The zero-order chi connectivity index (χ0) is 27.7. The molecule has 0 radical (unpaired) electrons. The molecule has 4 aromatic carbocycles. The highest BCUT2D eigenvalue weighted by Crippen LogP contribution is 2.38. The normalized spacial score (nSPS) is 10.8. The van der Waals surface area contributed by atoms with Crippen LogP contribution in [0, 0.1) is 10.1 Å². The molecule has 200 valence electrons. The maximum Gasteiger partial charge on any atom is 0.270 e. The number of thioether (sulfide) groups is 1. The number of nitro groups is 1. The Hall–Kier alpha value is -4.69. The molecule has 1 amide bonds. The van der Waals surface area contributed by atoms with Gasteiger partial charge in [0.2, 0.25) is 0 Å². The Morgan fingerprint density at radius 3 is 2.15 bits per heavy atom. The molecule has 8 heteroatoms. The van der Waals surface area contributed by atoms with Crippen molar-refractivity contribution in [2.24, 2.45) is 0 Å². The second-order valence-electron chi connectivity index (χ2n) is 9.11. The smallest absolute Gasteiger partial charge is 0.270 e. The van der Waals surface area contributed by atoms with E-state index in [1.165, 1.54) is 18.2 Å². The van der Waals surface area contributed by atoms with E-state index in [1.807, 2.05) is 54.6 Å². The molecule has 5 aromatic rings. The lowest BCUT2D eigenvalue weighted by molar-refractivity contribution is -0.384. The number of rotatable bonds is 11. The SMILES string of the molecule is O=C(NCCCCSc1nc(-c2ccccc2)c(-c2ccccc2)n1-c1ccccc1)c1cccc([N+](=O)[O-])c1. The molecule has 0 spiro atoms. The molecule has 0 bridgehead atoms. The Morgan fingerprint density at radius 1 is 0.825 bits per heavy atom. The van der Waals surface area contributed by atoms with Gasteiger partial charge in [0, 0.05) is 46.8 Å². The van der Waals surface area contributed by atoms with Crippen molar-refractivity contribution in [1.82, 2.24) is 14.9 Å². The Bertz CT molecular complexity index is 1590. The molecule has 0 saturated carbocycles. The van der Waals surface area contributed by atoms with Gasteiger partial charge in [-0.15, -0.1) is 0 Å². The number of carbonyl (C=O) groups excluding carboxylic acids is 1. The second kappa shape index (κ2) is 12.9. The maximum absolute atomic E-state index is 12.4. The summed E-state index contributed by atoms with van der Waals surface area (Å²) in [6.45, 7) is 0.486. The van der Waals surface area contributed by atoms with Gasteiger partial charge in [0.05, 0.1) is 16.3 Å². The van der Waals surface area contributed by atoms with Crippen LogP contribution in [0.1, 0.15) is 23.2 Å². The van der Waals surface area contributed by atoms with Gasteiger partial charge in [-0.1, -0.05) is 96.7 Å². The van der Waals surface area contributed by atoms with Gasteiger partial charge in [0.25, 0.3) is 11.6 Å². The summed E-state index contributed by atoms with van der Waals surface area (Å²) >= 11 is 1.69. The lowest BCUT2D eigenvalue weighted by atomic mass is 10.0. The highest BCUT2D eigenvalue weighted by molar-refractivity contribution is 7.99. The van der Waals surface area contributed by atoms with E-state index in [4.69, 9.17) is 4.98 Å². The van der Waals surface area contributed by atoms with E-state index < -0.39 is 4.92 Å². The Kier molecular flexibility index (Phi) is 8.68. The summed E-state index contributed by atoms with van der Waals surface area (Å²) in [5.74, 6) is 0.509. The van der Waals surface area contributed by atoms with Crippen molar-refractivity contribution in [1.29, 1.82) is 0 Å². The molecule has 0 aliphatic heterocycles. The summed E-state index contributed by atoms with van der Waals surface area (Å²) in [7, 11) is 0. The van der Waals surface area contributed by atoms with E-state index in [0.29, 0.717) is 6.54 Å². The highest BCUT2D eigenvalue weighted by atomic mass is 32.2. The van der Waals surface area contributed by atoms with Crippen LogP contribution < -0.4 is 5.32 Å². The third-order valence-electron chi connectivity index (χ3n) is 6.36. The minimum absolute atomic E-state index is 0.0947. The van der Waals surface area contributed by atoms with E-state index in [1.54, 1.807) is 17.8 Å². The molecular weight excluding hydrogens is 520 g/mol. The first-order valence-corrected chi connectivity index (χ1v) is 14.0. The Labute approximate surface area is 237 Å². The summed E-state index contributed by atoms with van der Waals surface area (Å²) < 4.78 is 2.23. The fraction of sp³-hybridized carbons (Fsp3) is 0.125. The van der Waals surface area contributed by atoms with Gasteiger partial charge in [-0.2, -0.15) is 0 Å². The number of para-hydroxylation sites is 1. The molecule has 0 aliphatic rings. The van der Waals surface area contributed by atoms with Gasteiger partial charge < -0.3 is 5.32 Å². The topological polar surface area (TPSA) is 90.1 Å². The number of imidazole rings is 1. The second-order valence-corrected chi connectivity index (χ2v) is 10.2. The van der Waals surface area contributed by atoms with Crippen LogP contribution in [0.25, 0.3) is 28.2 Å². The molecule has 0 aliphatic carbocycles. The predicted molar refractivity (Wildman–Crippen MR) is 160 cm³/mol. The molecule has 1 N–H and O–H groups in total. The number of unbranched alkanes of at least 4 members (excludes halogenated alkanes) is 1. The van der Waals surface area contributed by atoms with Crippen molar-refractivity contribution in [2.75, 3.05) is 12.3 Å². The van der Waals surface area contributed by atoms with E-state index >= 15 is 0 Å². The van der Waals surface area contributed by atoms with Gasteiger partial charge in [-0.05, 0) is 31.0 Å². The van der Waals surface area contributed by atoms with Crippen LogP contribution in [0.3, 0.4) is 0 Å². The standard InChI is InChI=1S/C32H28N4O3S/c37-31(26-17-12-20-28(23-26)36(38)39)33-21-10-11-22-40-32-34-29(24-13-4-1-5-14-24)30(25-15-6-2-7-16-25)35(32)27-18-8-3-9-19-27/h1-9,12-20,23H,10-11,21-22H2,(H,33,37). The van der Waals surface area contributed by atoms with Gasteiger partial charge in [0.1, 0.15) is 0 Å². The van der Waals surface area contributed by atoms with Crippen LogP contribution in [0.4, 0.5) is 5.69 Å². The van der Waals surface area contributed by atoms with E-state index in [0.717, 1.165) is 52.0 Å². The number of nitrogens with zero attached hydrogens (tertiary/aromatic N) is 3. The summed E-state index contributed by atoms with van der Waals surface area (Å²) in [5, 5.41) is 14.8. The monoisotopic (exact) mass is 548 g/mol.